The van der Waals surface area contributed by atoms with Gasteiger partial charge in [0.15, 0.2) is 0 Å². The average Bonchev–Trinajstić information content (AvgIpc) is 2.82. The van der Waals surface area contributed by atoms with Crippen LogP contribution in [0.15, 0.2) is 53.3 Å². The number of nitrogens with one attached hydrogen (secondary N) is 1. The maximum Gasteiger partial charge on any atom is 0.251 e. The molecular formula is C13H13BrN2O. The van der Waals surface area contributed by atoms with E-state index in [9.17, 15) is 4.79 Å². The van der Waals surface area contributed by atoms with Gasteiger partial charge in [0.2, 0.25) is 0 Å². The maximum absolute atomic E-state index is 11.8. The fourth-order valence-electron chi connectivity index (χ4n) is 1.55. The Kier molecular flexibility index (Phi) is 3.98. The highest BCUT2D eigenvalue weighted by Gasteiger charge is 2.04. The molecule has 0 aliphatic rings. The van der Waals surface area contributed by atoms with Gasteiger partial charge in [-0.2, -0.15) is 0 Å². The Labute approximate surface area is 109 Å². The molecule has 0 radical (unpaired) electrons. The van der Waals surface area contributed by atoms with Gasteiger partial charge in [-0.1, -0.05) is 22.0 Å². The van der Waals surface area contributed by atoms with Crippen LogP contribution in [0.25, 0.3) is 0 Å². The van der Waals surface area contributed by atoms with Crippen LogP contribution in [-0.4, -0.2) is 17.0 Å². The third-order valence-corrected chi connectivity index (χ3v) is 2.90. The Bertz CT molecular complexity index is 494. The molecule has 0 aliphatic carbocycles. The van der Waals surface area contributed by atoms with E-state index in [1.165, 1.54) is 0 Å². The van der Waals surface area contributed by atoms with Crippen LogP contribution in [0, 0.1) is 0 Å². The van der Waals surface area contributed by atoms with Gasteiger partial charge in [-0.25, -0.2) is 0 Å². The molecule has 1 heterocycles. The molecule has 1 N–H and O–H groups in total. The first-order chi connectivity index (χ1) is 8.25. The van der Waals surface area contributed by atoms with Gasteiger partial charge in [0, 0.05) is 35.5 Å². The molecule has 1 amide bonds. The molecule has 0 aliphatic heterocycles. The number of hydrogen-bond acceptors (Lipinski definition) is 1. The molecule has 0 saturated carbocycles. The van der Waals surface area contributed by atoms with E-state index < -0.39 is 0 Å². The molecule has 1 aromatic heterocycles. The van der Waals surface area contributed by atoms with Crippen molar-refractivity contribution in [1.29, 1.82) is 0 Å². The van der Waals surface area contributed by atoms with Crippen molar-refractivity contribution >= 4 is 21.8 Å². The summed E-state index contributed by atoms with van der Waals surface area (Å²) in [5.41, 5.74) is 0.673. The van der Waals surface area contributed by atoms with E-state index in [0.29, 0.717) is 12.1 Å². The Morgan fingerprint density at radius 3 is 2.71 bits per heavy atom. The standard InChI is InChI=1S/C13H13BrN2O/c14-12-5-3-4-11(10-12)13(17)15-6-9-16-7-1-2-8-16/h1-5,7-8,10H,6,9H2,(H,15,17). The van der Waals surface area contributed by atoms with Crippen molar-refractivity contribution in [3.63, 3.8) is 0 Å². The molecule has 0 bridgehead atoms. The predicted molar refractivity (Wildman–Crippen MR) is 70.9 cm³/mol. The van der Waals surface area contributed by atoms with Crippen molar-refractivity contribution in [2.45, 2.75) is 6.54 Å². The maximum atomic E-state index is 11.8. The molecule has 4 heteroatoms. The minimum Gasteiger partial charge on any atom is -0.353 e. The summed E-state index contributed by atoms with van der Waals surface area (Å²) in [5, 5.41) is 2.88. The van der Waals surface area contributed by atoms with Crippen LogP contribution >= 0.6 is 15.9 Å². The summed E-state index contributed by atoms with van der Waals surface area (Å²) in [6.07, 6.45) is 3.95. The first-order valence-corrected chi connectivity index (χ1v) is 6.19. The second-order valence-electron chi connectivity index (χ2n) is 3.69. The van der Waals surface area contributed by atoms with Gasteiger partial charge in [0.05, 0.1) is 0 Å². The first kappa shape index (κ1) is 11.9. The molecule has 0 atom stereocenters. The van der Waals surface area contributed by atoms with Crippen molar-refractivity contribution in [2.24, 2.45) is 0 Å². The molecule has 88 valence electrons. The van der Waals surface area contributed by atoms with Crippen molar-refractivity contribution in [3.8, 4) is 0 Å². The molecule has 1 aromatic carbocycles. The minimum atomic E-state index is -0.0431. The zero-order chi connectivity index (χ0) is 12.1. The molecule has 0 fully saturated rings. The van der Waals surface area contributed by atoms with E-state index in [1.807, 2.05) is 47.3 Å². The summed E-state index contributed by atoms with van der Waals surface area (Å²) in [7, 11) is 0. The third kappa shape index (κ3) is 3.46. The van der Waals surface area contributed by atoms with E-state index in [1.54, 1.807) is 6.07 Å². The smallest absolute Gasteiger partial charge is 0.251 e. The summed E-state index contributed by atoms with van der Waals surface area (Å²) in [6, 6.07) is 11.3. The number of amides is 1. The number of benzene rings is 1. The zero-order valence-electron chi connectivity index (χ0n) is 9.27. The van der Waals surface area contributed by atoms with Gasteiger partial charge in [-0.15, -0.1) is 0 Å². The highest BCUT2D eigenvalue weighted by atomic mass is 79.9. The lowest BCUT2D eigenvalue weighted by atomic mass is 10.2. The SMILES string of the molecule is O=C(NCCn1cccc1)c1cccc(Br)c1. The highest BCUT2D eigenvalue weighted by molar-refractivity contribution is 9.10. The number of halogens is 1. The monoisotopic (exact) mass is 292 g/mol. The van der Waals surface area contributed by atoms with Crippen LogP contribution in [0.4, 0.5) is 0 Å². The van der Waals surface area contributed by atoms with Crippen LogP contribution in [-0.2, 0) is 6.54 Å². The molecular weight excluding hydrogens is 280 g/mol. The summed E-state index contributed by atoms with van der Waals surface area (Å²) < 4.78 is 2.94. The number of carbonyl (C=O) groups is 1. The van der Waals surface area contributed by atoms with Gasteiger partial charge < -0.3 is 9.88 Å². The van der Waals surface area contributed by atoms with E-state index in [4.69, 9.17) is 0 Å². The van der Waals surface area contributed by atoms with Crippen molar-refractivity contribution in [3.05, 3.63) is 58.8 Å². The number of hydrogen-bond donors (Lipinski definition) is 1. The molecule has 0 spiro atoms. The summed E-state index contributed by atoms with van der Waals surface area (Å²) >= 11 is 3.35. The fraction of sp³-hybridized carbons (Fsp3) is 0.154. The van der Waals surface area contributed by atoms with Crippen LogP contribution in [0.5, 0.6) is 0 Å². The van der Waals surface area contributed by atoms with Gasteiger partial charge in [-0.3, -0.25) is 4.79 Å². The van der Waals surface area contributed by atoms with Gasteiger partial charge in [0.1, 0.15) is 0 Å². The van der Waals surface area contributed by atoms with Crippen molar-refractivity contribution < 1.29 is 4.79 Å². The molecule has 17 heavy (non-hydrogen) atoms. The minimum absolute atomic E-state index is 0.0431. The van der Waals surface area contributed by atoms with E-state index >= 15 is 0 Å². The second kappa shape index (κ2) is 5.68. The molecule has 2 rings (SSSR count). The molecule has 0 saturated heterocycles. The van der Waals surface area contributed by atoms with Crippen molar-refractivity contribution in [1.82, 2.24) is 9.88 Å². The lowest BCUT2D eigenvalue weighted by Gasteiger charge is -2.06. The lowest BCUT2D eigenvalue weighted by molar-refractivity contribution is 0.0952. The van der Waals surface area contributed by atoms with Gasteiger partial charge in [0.25, 0.3) is 5.91 Å². The van der Waals surface area contributed by atoms with E-state index in [0.717, 1.165) is 11.0 Å². The van der Waals surface area contributed by atoms with Crippen molar-refractivity contribution in [2.75, 3.05) is 6.54 Å². The molecule has 0 unspecified atom stereocenters. The van der Waals surface area contributed by atoms with Crippen LogP contribution < -0.4 is 5.32 Å². The van der Waals surface area contributed by atoms with Gasteiger partial charge in [-0.05, 0) is 30.3 Å². The first-order valence-electron chi connectivity index (χ1n) is 5.40. The number of carbonyl (C=O) groups excluding carboxylic acids is 1. The largest absolute Gasteiger partial charge is 0.353 e. The number of aromatic nitrogens is 1. The van der Waals surface area contributed by atoms with Crippen LogP contribution in [0.1, 0.15) is 10.4 Å². The lowest BCUT2D eigenvalue weighted by Crippen LogP contribution is -2.26. The summed E-state index contributed by atoms with van der Waals surface area (Å²) in [4.78, 5) is 11.8. The van der Waals surface area contributed by atoms with E-state index in [2.05, 4.69) is 21.2 Å². The number of nitrogens with zero attached hydrogens (tertiary/aromatic N) is 1. The summed E-state index contributed by atoms with van der Waals surface area (Å²) in [6.45, 7) is 1.41. The summed E-state index contributed by atoms with van der Waals surface area (Å²) in [5.74, 6) is -0.0431. The molecule has 3 nitrogen and oxygen atoms in total. The normalized spacial score (nSPS) is 10.2. The van der Waals surface area contributed by atoms with Crippen LogP contribution in [0.2, 0.25) is 0 Å². The highest BCUT2D eigenvalue weighted by Crippen LogP contribution is 2.11. The number of rotatable bonds is 4. The quantitative estimate of drug-likeness (QED) is 0.924. The van der Waals surface area contributed by atoms with Crippen LogP contribution in [0.3, 0.4) is 0 Å². The third-order valence-electron chi connectivity index (χ3n) is 2.41. The topological polar surface area (TPSA) is 34.0 Å². The Morgan fingerprint density at radius 2 is 2.00 bits per heavy atom. The second-order valence-corrected chi connectivity index (χ2v) is 4.60. The Balaban J connectivity index is 1.85. The zero-order valence-corrected chi connectivity index (χ0v) is 10.9. The molecule has 2 aromatic rings. The average molecular weight is 293 g/mol. The van der Waals surface area contributed by atoms with Gasteiger partial charge >= 0.3 is 0 Å². The Hall–Kier alpha value is -1.55. The fourth-order valence-corrected chi connectivity index (χ4v) is 1.95. The predicted octanol–water partition coefficient (Wildman–Crippen LogP) is 2.68. The van der Waals surface area contributed by atoms with E-state index in [-0.39, 0.29) is 5.91 Å². The Morgan fingerprint density at radius 1 is 1.24 bits per heavy atom.